The highest BCUT2D eigenvalue weighted by molar-refractivity contribution is 7.92. The lowest BCUT2D eigenvalue weighted by molar-refractivity contribution is 0.484. The van der Waals surface area contributed by atoms with E-state index in [2.05, 4.69) is 9.44 Å². The Hall–Kier alpha value is -2.07. The molecule has 0 aliphatic carbocycles. The third-order valence-corrected chi connectivity index (χ3v) is 5.02. The fourth-order valence-electron chi connectivity index (χ4n) is 2.08. The summed E-state index contributed by atoms with van der Waals surface area (Å²) in [5.41, 5.74) is 0.322. The molecule has 1 atom stereocenters. The van der Waals surface area contributed by atoms with Crippen molar-refractivity contribution in [2.24, 2.45) is 0 Å². The third-order valence-electron chi connectivity index (χ3n) is 3.11. The van der Waals surface area contributed by atoms with Gasteiger partial charge in [-0.15, -0.1) is 0 Å². The van der Waals surface area contributed by atoms with E-state index < -0.39 is 21.3 Å². The van der Waals surface area contributed by atoms with Crippen molar-refractivity contribution in [3.05, 3.63) is 53.6 Å². The molecule has 1 aromatic heterocycles. The molecule has 0 aliphatic heterocycles. The summed E-state index contributed by atoms with van der Waals surface area (Å²) in [6.45, 7) is 0. The van der Waals surface area contributed by atoms with Crippen molar-refractivity contribution in [2.45, 2.75) is 5.09 Å². The number of halogens is 1. The first-order valence-electron chi connectivity index (χ1n) is 6.52. The predicted molar refractivity (Wildman–Crippen MR) is 91.0 cm³/mol. The summed E-state index contributed by atoms with van der Waals surface area (Å²) in [6.07, 6.45) is 0. The van der Waals surface area contributed by atoms with Crippen LogP contribution in [-0.4, -0.2) is 17.2 Å². The lowest BCUT2D eigenvalue weighted by atomic mass is 10.3. The molecule has 1 heterocycles. The van der Waals surface area contributed by atoms with Gasteiger partial charge in [0.15, 0.2) is 0 Å². The molecular formula is C14H10ClN2O5S2-. The molecule has 3 rings (SSSR count). The van der Waals surface area contributed by atoms with Crippen LogP contribution in [0.2, 0.25) is 5.02 Å². The number of fused-ring (bicyclic) bond motifs is 1. The van der Waals surface area contributed by atoms with Crippen LogP contribution in [0.3, 0.4) is 0 Å². The Bertz CT molecular complexity index is 1000. The summed E-state index contributed by atoms with van der Waals surface area (Å²) in [7, 11) is -4.07. The number of furan rings is 1. The van der Waals surface area contributed by atoms with E-state index in [1.807, 2.05) is 0 Å². The number of sulfonamides is 1. The molecule has 0 aliphatic rings. The number of benzene rings is 2. The smallest absolute Gasteiger partial charge is 0.295 e. The fraction of sp³-hybridized carbons (Fsp3) is 0. The van der Waals surface area contributed by atoms with Gasteiger partial charge in [0, 0.05) is 22.7 Å². The van der Waals surface area contributed by atoms with Gasteiger partial charge in [-0.25, -0.2) is 0 Å². The summed E-state index contributed by atoms with van der Waals surface area (Å²) in [6, 6.07) is 12.5. The standard InChI is InChI=1S/C14H11ClN2O5S2/c15-10-5-3-6-11(14(10)16-23(18)19)17-24(20,21)13-8-9-4-1-2-7-12(9)22-13/h1-8,16-17H,(H,18,19)/p-1. The quantitative estimate of drug-likeness (QED) is 0.655. The summed E-state index contributed by atoms with van der Waals surface area (Å²) in [4.78, 5) is 0. The molecule has 0 amide bonds. The maximum atomic E-state index is 12.5. The van der Waals surface area contributed by atoms with Crippen molar-refractivity contribution in [1.82, 2.24) is 0 Å². The number of anilines is 2. The zero-order chi connectivity index (χ0) is 17.3. The minimum absolute atomic E-state index is 0.0212. The Morgan fingerprint density at radius 2 is 1.88 bits per heavy atom. The molecule has 0 bridgehead atoms. The molecule has 3 aromatic rings. The molecule has 126 valence electrons. The summed E-state index contributed by atoms with van der Waals surface area (Å²) in [5.74, 6) is 0. The molecule has 2 aromatic carbocycles. The number of para-hydroxylation sites is 2. The maximum absolute atomic E-state index is 12.5. The van der Waals surface area contributed by atoms with E-state index in [1.165, 1.54) is 24.3 Å². The number of nitrogens with one attached hydrogen (secondary N) is 2. The first-order valence-corrected chi connectivity index (χ1v) is 9.46. The van der Waals surface area contributed by atoms with Crippen LogP contribution in [0.15, 0.2) is 58.0 Å². The largest absolute Gasteiger partial charge is 0.755 e. The van der Waals surface area contributed by atoms with E-state index in [0.717, 1.165) is 0 Å². The number of hydrogen-bond donors (Lipinski definition) is 2. The van der Waals surface area contributed by atoms with Gasteiger partial charge < -0.3 is 13.7 Å². The van der Waals surface area contributed by atoms with Crippen molar-refractivity contribution in [3.63, 3.8) is 0 Å². The highest BCUT2D eigenvalue weighted by Crippen LogP contribution is 2.33. The number of hydrogen-bond acceptors (Lipinski definition) is 5. The number of rotatable bonds is 5. The Balaban J connectivity index is 2.00. The van der Waals surface area contributed by atoms with Crippen LogP contribution >= 0.6 is 11.6 Å². The molecule has 2 N–H and O–H groups in total. The van der Waals surface area contributed by atoms with Crippen LogP contribution in [0, 0.1) is 0 Å². The highest BCUT2D eigenvalue weighted by atomic mass is 35.5. The van der Waals surface area contributed by atoms with Crippen molar-refractivity contribution in [3.8, 4) is 0 Å². The fourth-order valence-corrected chi connectivity index (χ4v) is 3.79. The molecule has 1 unspecified atom stereocenters. The minimum Gasteiger partial charge on any atom is -0.755 e. The third kappa shape index (κ3) is 3.39. The van der Waals surface area contributed by atoms with Crippen molar-refractivity contribution in [2.75, 3.05) is 9.44 Å². The van der Waals surface area contributed by atoms with Gasteiger partial charge in [0.25, 0.3) is 10.0 Å². The molecule has 0 saturated heterocycles. The van der Waals surface area contributed by atoms with E-state index in [1.54, 1.807) is 24.3 Å². The molecule has 10 heteroatoms. The molecule has 0 fully saturated rings. The molecular weight excluding hydrogens is 376 g/mol. The summed E-state index contributed by atoms with van der Waals surface area (Å²) >= 11 is 3.25. The molecule has 24 heavy (non-hydrogen) atoms. The van der Waals surface area contributed by atoms with Crippen LogP contribution in [0.5, 0.6) is 0 Å². The Morgan fingerprint density at radius 1 is 1.12 bits per heavy atom. The van der Waals surface area contributed by atoms with E-state index in [4.69, 9.17) is 16.0 Å². The first kappa shape index (κ1) is 16.8. The van der Waals surface area contributed by atoms with Crippen LogP contribution in [0.4, 0.5) is 11.4 Å². The molecule has 0 spiro atoms. The van der Waals surface area contributed by atoms with Gasteiger partial charge in [0.1, 0.15) is 5.58 Å². The lowest BCUT2D eigenvalue weighted by Gasteiger charge is -2.15. The molecule has 0 saturated carbocycles. The van der Waals surface area contributed by atoms with Crippen molar-refractivity contribution < 1.29 is 21.6 Å². The van der Waals surface area contributed by atoms with Crippen molar-refractivity contribution in [1.29, 1.82) is 0 Å². The van der Waals surface area contributed by atoms with E-state index in [-0.39, 0.29) is 21.5 Å². The summed E-state index contributed by atoms with van der Waals surface area (Å²) in [5, 5.41) is 0.379. The second-order valence-electron chi connectivity index (χ2n) is 4.71. The van der Waals surface area contributed by atoms with Gasteiger partial charge in [0.05, 0.1) is 16.4 Å². The monoisotopic (exact) mass is 385 g/mol. The van der Waals surface area contributed by atoms with E-state index in [9.17, 15) is 17.2 Å². The normalized spacial score (nSPS) is 12.9. The van der Waals surface area contributed by atoms with E-state index >= 15 is 0 Å². The Morgan fingerprint density at radius 3 is 2.58 bits per heavy atom. The van der Waals surface area contributed by atoms with Gasteiger partial charge >= 0.3 is 0 Å². The average molecular weight is 386 g/mol. The topological polar surface area (TPSA) is 111 Å². The second kappa shape index (κ2) is 6.44. The Kier molecular flexibility index (Phi) is 4.50. The highest BCUT2D eigenvalue weighted by Gasteiger charge is 2.21. The zero-order valence-corrected chi connectivity index (χ0v) is 14.2. The van der Waals surface area contributed by atoms with Gasteiger partial charge in [-0.2, -0.15) is 8.42 Å². The predicted octanol–water partition coefficient (Wildman–Crippen LogP) is 3.09. The van der Waals surface area contributed by atoms with Crippen LogP contribution < -0.4 is 9.44 Å². The lowest BCUT2D eigenvalue weighted by Crippen LogP contribution is -2.14. The van der Waals surface area contributed by atoms with Gasteiger partial charge in [-0.1, -0.05) is 35.9 Å². The maximum Gasteiger partial charge on any atom is 0.295 e. The van der Waals surface area contributed by atoms with Crippen LogP contribution in [-0.2, 0) is 21.3 Å². The van der Waals surface area contributed by atoms with Gasteiger partial charge in [-0.3, -0.25) is 8.93 Å². The first-order chi connectivity index (χ1) is 11.4. The average Bonchev–Trinajstić information content (AvgIpc) is 2.95. The SMILES string of the molecule is O=S([O-])Nc1c(Cl)cccc1NS(=O)(=O)c1cc2ccccc2o1. The van der Waals surface area contributed by atoms with Gasteiger partial charge in [0.2, 0.25) is 5.09 Å². The molecule has 7 nitrogen and oxygen atoms in total. The van der Waals surface area contributed by atoms with Crippen LogP contribution in [0.1, 0.15) is 0 Å². The Labute approximate surface area is 145 Å². The van der Waals surface area contributed by atoms with Gasteiger partial charge in [-0.05, 0) is 18.2 Å². The molecule has 0 radical (unpaired) electrons. The van der Waals surface area contributed by atoms with Crippen molar-refractivity contribution >= 4 is 55.2 Å². The minimum atomic E-state index is -4.07. The van der Waals surface area contributed by atoms with E-state index in [0.29, 0.717) is 11.0 Å². The second-order valence-corrected chi connectivity index (χ2v) is 7.40. The zero-order valence-electron chi connectivity index (χ0n) is 11.9. The summed E-state index contributed by atoms with van der Waals surface area (Å²) < 4.78 is 56.4. The van der Waals surface area contributed by atoms with Crippen LogP contribution in [0.25, 0.3) is 11.0 Å².